The first-order valence-corrected chi connectivity index (χ1v) is 5.90. The average Bonchev–Trinajstić information content (AvgIpc) is 3.00. The van der Waals surface area contributed by atoms with Crippen molar-refractivity contribution in [1.82, 2.24) is 25.5 Å². The van der Waals surface area contributed by atoms with Crippen molar-refractivity contribution in [3.8, 4) is 11.4 Å². The normalized spacial score (nSPS) is 19.7. The lowest BCUT2D eigenvalue weighted by molar-refractivity contribution is 0.625. The summed E-state index contributed by atoms with van der Waals surface area (Å²) in [5.41, 5.74) is 3.74. The summed E-state index contributed by atoms with van der Waals surface area (Å²) in [4.78, 5) is 8.89. The summed E-state index contributed by atoms with van der Waals surface area (Å²) in [5.74, 6) is 0. The van der Waals surface area contributed by atoms with Crippen molar-refractivity contribution in [3.05, 3.63) is 29.8 Å². The van der Waals surface area contributed by atoms with E-state index >= 15 is 0 Å². The Morgan fingerprint density at radius 3 is 2.94 bits per heavy atom. The number of hydrogen-bond acceptors (Lipinski definition) is 4. The van der Waals surface area contributed by atoms with E-state index < -0.39 is 0 Å². The minimum atomic E-state index is 0.350. The Bertz CT molecular complexity index is 513. The Morgan fingerprint density at radius 2 is 2.24 bits per heavy atom. The maximum absolute atomic E-state index is 4.63. The first-order chi connectivity index (χ1) is 8.33. The number of nitrogens with one attached hydrogen (secondary N) is 2. The average molecular weight is 229 g/mol. The van der Waals surface area contributed by atoms with Crippen LogP contribution >= 0.6 is 0 Å². The van der Waals surface area contributed by atoms with Crippen LogP contribution in [0, 0.1) is 6.92 Å². The quantitative estimate of drug-likeness (QED) is 0.820. The Kier molecular flexibility index (Phi) is 2.60. The van der Waals surface area contributed by atoms with E-state index in [1.807, 2.05) is 19.2 Å². The van der Waals surface area contributed by atoms with Crippen LogP contribution in [0.5, 0.6) is 0 Å². The zero-order chi connectivity index (χ0) is 11.7. The second-order valence-corrected chi connectivity index (χ2v) is 4.41. The third kappa shape index (κ3) is 2.06. The molecular formula is C12H15N5. The van der Waals surface area contributed by atoms with Crippen molar-refractivity contribution < 1.29 is 0 Å². The molecular weight excluding hydrogens is 214 g/mol. The van der Waals surface area contributed by atoms with Gasteiger partial charge in [-0.25, -0.2) is 4.98 Å². The number of aryl methyl sites for hydroxylation is 1. The number of aromatic amines is 1. The van der Waals surface area contributed by atoms with Crippen molar-refractivity contribution in [3.63, 3.8) is 0 Å². The van der Waals surface area contributed by atoms with Gasteiger partial charge in [-0.05, 0) is 32.4 Å². The van der Waals surface area contributed by atoms with Gasteiger partial charge in [-0.2, -0.15) is 5.10 Å². The molecule has 5 nitrogen and oxygen atoms in total. The van der Waals surface area contributed by atoms with Crippen LogP contribution in [0.2, 0.25) is 0 Å². The van der Waals surface area contributed by atoms with Gasteiger partial charge in [0.1, 0.15) is 11.4 Å². The standard InChI is InChI=1S/C12H15N5/c1-8-5-10(17-16-8)12-7-13-6-11(15-12)9-3-2-4-14-9/h5-7,9,14H,2-4H2,1H3,(H,16,17). The van der Waals surface area contributed by atoms with Gasteiger partial charge in [0.25, 0.3) is 0 Å². The van der Waals surface area contributed by atoms with Crippen molar-refractivity contribution in [2.45, 2.75) is 25.8 Å². The van der Waals surface area contributed by atoms with Crippen LogP contribution in [-0.4, -0.2) is 26.7 Å². The lowest BCUT2D eigenvalue weighted by Gasteiger charge is -2.09. The van der Waals surface area contributed by atoms with E-state index in [1.54, 1.807) is 6.20 Å². The van der Waals surface area contributed by atoms with Gasteiger partial charge in [-0.1, -0.05) is 0 Å². The zero-order valence-electron chi connectivity index (χ0n) is 9.77. The van der Waals surface area contributed by atoms with Crippen LogP contribution < -0.4 is 5.32 Å². The van der Waals surface area contributed by atoms with Crippen molar-refractivity contribution in [1.29, 1.82) is 0 Å². The molecule has 1 aliphatic rings. The minimum Gasteiger partial charge on any atom is -0.309 e. The molecule has 0 spiro atoms. The van der Waals surface area contributed by atoms with E-state index in [0.29, 0.717) is 6.04 Å². The highest BCUT2D eigenvalue weighted by Crippen LogP contribution is 2.22. The molecule has 0 bridgehead atoms. The number of rotatable bonds is 2. The molecule has 88 valence electrons. The highest BCUT2D eigenvalue weighted by Gasteiger charge is 2.18. The smallest absolute Gasteiger partial charge is 0.112 e. The van der Waals surface area contributed by atoms with E-state index in [1.165, 1.54) is 6.42 Å². The van der Waals surface area contributed by atoms with E-state index in [4.69, 9.17) is 0 Å². The van der Waals surface area contributed by atoms with Crippen molar-refractivity contribution in [2.75, 3.05) is 6.54 Å². The van der Waals surface area contributed by atoms with Crippen molar-refractivity contribution >= 4 is 0 Å². The third-order valence-electron chi connectivity index (χ3n) is 3.04. The first-order valence-electron chi connectivity index (χ1n) is 5.90. The van der Waals surface area contributed by atoms with Gasteiger partial charge >= 0.3 is 0 Å². The molecule has 0 saturated carbocycles. The summed E-state index contributed by atoms with van der Waals surface area (Å²) in [7, 11) is 0. The number of H-pyrrole nitrogens is 1. The summed E-state index contributed by atoms with van der Waals surface area (Å²) in [6.07, 6.45) is 5.94. The molecule has 0 aliphatic carbocycles. The van der Waals surface area contributed by atoms with Gasteiger partial charge < -0.3 is 5.32 Å². The highest BCUT2D eigenvalue weighted by molar-refractivity contribution is 5.52. The number of aromatic nitrogens is 4. The molecule has 3 heterocycles. The van der Waals surface area contributed by atoms with Gasteiger partial charge in [0.05, 0.1) is 24.1 Å². The third-order valence-corrected chi connectivity index (χ3v) is 3.04. The number of nitrogens with zero attached hydrogens (tertiary/aromatic N) is 3. The highest BCUT2D eigenvalue weighted by atomic mass is 15.1. The minimum absolute atomic E-state index is 0.350. The SMILES string of the molecule is Cc1cc(-c2cncc(C3CCCN3)n2)n[nH]1. The fraction of sp³-hybridized carbons (Fsp3) is 0.417. The molecule has 2 aromatic heterocycles. The predicted octanol–water partition coefficient (Wildman–Crippen LogP) is 1.60. The topological polar surface area (TPSA) is 66.5 Å². The molecule has 0 aromatic carbocycles. The summed E-state index contributed by atoms with van der Waals surface area (Å²) in [5, 5.41) is 10.6. The van der Waals surface area contributed by atoms with E-state index in [0.717, 1.165) is 35.7 Å². The van der Waals surface area contributed by atoms with Crippen LogP contribution in [-0.2, 0) is 0 Å². The summed E-state index contributed by atoms with van der Waals surface area (Å²) >= 11 is 0. The molecule has 3 rings (SSSR count). The maximum Gasteiger partial charge on any atom is 0.112 e. The second kappa shape index (κ2) is 4.25. The molecule has 0 radical (unpaired) electrons. The molecule has 2 aromatic rings. The molecule has 0 amide bonds. The van der Waals surface area contributed by atoms with Gasteiger partial charge in [0, 0.05) is 5.69 Å². The summed E-state index contributed by atoms with van der Waals surface area (Å²) in [6, 6.07) is 2.33. The van der Waals surface area contributed by atoms with Gasteiger partial charge in [-0.3, -0.25) is 10.1 Å². The van der Waals surface area contributed by atoms with E-state index in [9.17, 15) is 0 Å². The Hall–Kier alpha value is -1.75. The fourth-order valence-electron chi connectivity index (χ4n) is 2.16. The predicted molar refractivity (Wildman–Crippen MR) is 64.3 cm³/mol. The molecule has 5 heteroatoms. The molecule has 1 unspecified atom stereocenters. The summed E-state index contributed by atoms with van der Waals surface area (Å²) in [6.45, 7) is 3.05. The fourth-order valence-corrected chi connectivity index (χ4v) is 2.16. The summed E-state index contributed by atoms with van der Waals surface area (Å²) < 4.78 is 0. The van der Waals surface area contributed by atoms with Gasteiger partial charge in [-0.15, -0.1) is 0 Å². The lowest BCUT2D eigenvalue weighted by Crippen LogP contribution is -2.14. The first kappa shape index (κ1) is 10.4. The largest absolute Gasteiger partial charge is 0.309 e. The molecule has 1 fully saturated rings. The second-order valence-electron chi connectivity index (χ2n) is 4.41. The number of hydrogen-bond donors (Lipinski definition) is 2. The Labute approximate surface area is 99.7 Å². The van der Waals surface area contributed by atoms with Crippen LogP contribution in [0.25, 0.3) is 11.4 Å². The van der Waals surface area contributed by atoms with E-state index in [-0.39, 0.29) is 0 Å². The molecule has 2 N–H and O–H groups in total. The molecule has 17 heavy (non-hydrogen) atoms. The van der Waals surface area contributed by atoms with Crippen LogP contribution in [0.1, 0.15) is 30.3 Å². The monoisotopic (exact) mass is 229 g/mol. The van der Waals surface area contributed by atoms with E-state index in [2.05, 4.69) is 25.5 Å². The van der Waals surface area contributed by atoms with Crippen LogP contribution in [0.3, 0.4) is 0 Å². The van der Waals surface area contributed by atoms with Crippen LogP contribution in [0.15, 0.2) is 18.5 Å². The maximum atomic E-state index is 4.63. The molecule has 1 atom stereocenters. The van der Waals surface area contributed by atoms with Gasteiger partial charge in [0.2, 0.25) is 0 Å². The Morgan fingerprint density at radius 1 is 1.29 bits per heavy atom. The zero-order valence-corrected chi connectivity index (χ0v) is 9.77. The Balaban J connectivity index is 1.93. The van der Waals surface area contributed by atoms with Crippen molar-refractivity contribution in [2.24, 2.45) is 0 Å². The lowest BCUT2D eigenvalue weighted by atomic mass is 10.1. The molecule has 1 saturated heterocycles. The van der Waals surface area contributed by atoms with Gasteiger partial charge in [0.15, 0.2) is 0 Å². The van der Waals surface area contributed by atoms with Crippen LogP contribution in [0.4, 0.5) is 0 Å². The molecule has 1 aliphatic heterocycles.